The highest BCUT2D eigenvalue weighted by molar-refractivity contribution is 7.17. The van der Waals surface area contributed by atoms with Gasteiger partial charge in [-0.15, -0.1) is 0 Å². The Labute approximate surface area is 175 Å². The Balaban J connectivity index is 1.43. The van der Waals surface area contributed by atoms with E-state index in [9.17, 15) is 18.4 Å². The minimum Gasteiger partial charge on any atom is -0.451 e. The average molecular weight is 432 g/mol. The molecule has 1 aliphatic rings. The minimum absolute atomic E-state index is 0.0652. The van der Waals surface area contributed by atoms with Gasteiger partial charge in [0, 0.05) is 32.5 Å². The lowest BCUT2D eigenvalue weighted by atomic mass is 10.1. The molecular weight excluding hydrogens is 414 g/mol. The summed E-state index contributed by atoms with van der Waals surface area (Å²) in [5, 5.41) is 0.454. The number of oxazole rings is 1. The van der Waals surface area contributed by atoms with Crippen molar-refractivity contribution >= 4 is 28.3 Å². The Hall–Kier alpha value is -3.14. The van der Waals surface area contributed by atoms with Crippen molar-refractivity contribution in [2.24, 2.45) is 0 Å². The van der Waals surface area contributed by atoms with E-state index in [0.29, 0.717) is 46.5 Å². The number of hydrogen-bond acceptors (Lipinski definition) is 6. The normalized spacial score (nSPS) is 14.0. The Bertz CT molecular complexity index is 1080. The van der Waals surface area contributed by atoms with Crippen LogP contribution in [0.3, 0.4) is 0 Å². The van der Waals surface area contributed by atoms with Gasteiger partial charge in [0.15, 0.2) is 28.9 Å². The second-order valence-electron chi connectivity index (χ2n) is 6.92. The highest BCUT2D eigenvalue weighted by Gasteiger charge is 2.32. The third kappa shape index (κ3) is 4.09. The van der Waals surface area contributed by atoms with Crippen LogP contribution in [-0.2, 0) is 13.0 Å². The molecule has 3 heterocycles. The molecule has 1 aromatic carbocycles. The van der Waals surface area contributed by atoms with E-state index in [2.05, 4.69) is 9.97 Å². The number of anilines is 1. The quantitative estimate of drug-likeness (QED) is 0.528. The fourth-order valence-corrected chi connectivity index (χ4v) is 4.29. The molecule has 0 atom stereocenters. The van der Waals surface area contributed by atoms with E-state index in [-0.39, 0.29) is 24.8 Å². The number of carbonyl (C=O) groups excluding carboxylic acids is 2. The third-order valence-electron chi connectivity index (χ3n) is 4.81. The zero-order chi connectivity index (χ0) is 21.3. The van der Waals surface area contributed by atoms with E-state index in [1.165, 1.54) is 39.9 Å². The van der Waals surface area contributed by atoms with Gasteiger partial charge in [0.25, 0.3) is 0 Å². The molecule has 2 amide bonds. The van der Waals surface area contributed by atoms with E-state index < -0.39 is 11.6 Å². The first-order valence-corrected chi connectivity index (χ1v) is 10.1. The van der Waals surface area contributed by atoms with Crippen molar-refractivity contribution in [3.63, 3.8) is 0 Å². The number of aromatic nitrogens is 2. The number of ketones is 1. The minimum atomic E-state index is -0.944. The number of urea groups is 1. The topological polar surface area (TPSA) is 79.5 Å². The number of Topliss-reactive ketones (excluding diaryl/α,β-unsaturated/α-hetero) is 1. The smallest absolute Gasteiger partial charge is 0.326 e. The average Bonchev–Trinajstić information content (AvgIpc) is 3.44. The summed E-state index contributed by atoms with van der Waals surface area (Å²) in [7, 11) is 0. The van der Waals surface area contributed by atoms with Gasteiger partial charge in [0.1, 0.15) is 6.26 Å². The number of benzene rings is 1. The van der Waals surface area contributed by atoms with Gasteiger partial charge < -0.3 is 9.32 Å². The standard InChI is InChI=1S/C20H18F2N4O3S/c1-12-18(17(27)5-3-14-10-29-11-23-14)30-19(24-12)26-7-6-25(20(26)28)9-13-2-4-15(21)16(22)8-13/h2,4,8,10-11H,3,5-7,9H2,1H3. The molecule has 0 radical (unpaired) electrons. The first kappa shape index (κ1) is 20.1. The molecule has 3 aromatic rings. The van der Waals surface area contributed by atoms with E-state index >= 15 is 0 Å². The number of nitrogens with zero attached hydrogens (tertiary/aromatic N) is 4. The highest BCUT2D eigenvalue weighted by atomic mass is 32.1. The van der Waals surface area contributed by atoms with Crippen LogP contribution in [0.1, 0.15) is 33.0 Å². The molecule has 0 aliphatic carbocycles. The molecule has 10 heteroatoms. The van der Waals surface area contributed by atoms with Gasteiger partial charge >= 0.3 is 6.03 Å². The van der Waals surface area contributed by atoms with Crippen LogP contribution >= 0.6 is 11.3 Å². The number of rotatable bonds is 7. The van der Waals surface area contributed by atoms with Gasteiger partial charge in [-0.25, -0.2) is 23.5 Å². The van der Waals surface area contributed by atoms with Crippen molar-refractivity contribution in [3.8, 4) is 0 Å². The molecule has 2 aromatic heterocycles. The van der Waals surface area contributed by atoms with Crippen LogP contribution in [0.5, 0.6) is 0 Å². The molecule has 0 bridgehead atoms. The molecule has 0 unspecified atom stereocenters. The van der Waals surface area contributed by atoms with E-state index in [4.69, 9.17) is 4.42 Å². The summed E-state index contributed by atoms with van der Waals surface area (Å²) in [5.74, 6) is -1.93. The second-order valence-corrected chi connectivity index (χ2v) is 7.90. The maximum absolute atomic E-state index is 13.4. The van der Waals surface area contributed by atoms with E-state index in [1.807, 2.05) is 0 Å². The van der Waals surface area contributed by atoms with Gasteiger partial charge in [0.2, 0.25) is 0 Å². The zero-order valence-electron chi connectivity index (χ0n) is 16.1. The fourth-order valence-electron chi connectivity index (χ4n) is 3.24. The van der Waals surface area contributed by atoms with Gasteiger partial charge in [-0.2, -0.15) is 0 Å². The van der Waals surface area contributed by atoms with Crippen molar-refractivity contribution in [1.29, 1.82) is 0 Å². The zero-order valence-corrected chi connectivity index (χ0v) is 16.9. The van der Waals surface area contributed by atoms with Gasteiger partial charge in [-0.3, -0.25) is 9.69 Å². The Morgan fingerprint density at radius 1 is 1.27 bits per heavy atom. The number of amides is 2. The summed E-state index contributed by atoms with van der Waals surface area (Å²) in [6.07, 6.45) is 3.56. The third-order valence-corrected chi connectivity index (χ3v) is 6.03. The Kier molecular flexibility index (Phi) is 5.58. The Morgan fingerprint density at radius 3 is 2.83 bits per heavy atom. The van der Waals surface area contributed by atoms with E-state index in [1.54, 1.807) is 6.92 Å². The number of aryl methyl sites for hydroxylation is 2. The molecule has 4 rings (SSSR count). The van der Waals surface area contributed by atoms with Crippen molar-refractivity contribution < 1.29 is 22.8 Å². The molecule has 0 N–H and O–H groups in total. The summed E-state index contributed by atoms with van der Waals surface area (Å²) in [6, 6.07) is 3.30. The van der Waals surface area contributed by atoms with Crippen LogP contribution < -0.4 is 4.90 Å². The van der Waals surface area contributed by atoms with Crippen LogP contribution in [0.4, 0.5) is 18.7 Å². The molecule has 0 spiro atoms. The molecule has 7 nitrogen and oxygen atoms in total. The Morgan fingerprint density at radius 2 is 2.10 bits per heavy atom. The van der Waals surface area contributed by atoms with Crippen LogP contribution in [0.25, 0.3) is 0 Å². The predicted octanol–water partition coefficient (Wildman–Crippen LogP) is 3.98. The summed E-state index contributed by atoms with van der Waals surface area (Å²) in [4.78, 5) is 37.3. The molecule has 1 saturated heterocycles. The van der Waals surface area contributed by atoms with Gasteiger partial charge in [0.05, 0.1) is 16.3 Å². The predicted molar refractivity (Wildman–Crippen MR) is 106 cm³/mol. The number of carbonyl (C=O) groups is 2. The largest absolute Gasteiger partial charge is 0.451 e. The number of thiazole rings is 1. The molecule has 0 saturated carbocycles. The second kappa shape index (κ2) is 8.31. The molecule has 1 aliphatic heterocycles. The maximum Gasteiger partial charge on any atom is 0.326 e. The van der Waals surface area contributed by atoms with Gasteiger partial charge in [-0.05, 0) is 24.6 Å². The highest BCUT2D eigenvalue weighted by Crippen LogP contribution is 2.30. The molecule has 1 fully saturated rings. The first-order valence-electron chi connectivity index (χ1n) is 9.30. The summed E-state index contributed by atoms with van der Waals surface area (Å²) in [6.45, 7) is 2.73. The summed E-state index contributed by atoms with van der Waals surface area (Å²) >= 11 is 1.18. The SMILES string of the molecule is Cc1nc(N2CCN(Cc3ccc(F)c(F)c3)C2=O)sc1C(=O)CCc1cocn1. The van der Waals surface area contributed by atoms with Crippen molar-refractivity contribution in [2.75, 3.05) is 18.0 Å². The molecule has 30 heavy (non-hydrogen) atoms. The van der Waals surface area contributed by atoms with Crippen molar-refractivity contribution in [3.05, 3.63) is 64.3 Å². The van der Waals surface area contributed by atoms with E-state index in [0.717, 1.165) is 12.1 Å². The summed E-state index contributed by atoms with van der Waals surface area (Å²) in [5.41, 5.74) is 1.78. The lowest BCUT2D eigenvalue weighted by Crippen LogP contribution is -2.31. The van der Waals surface area contributed by atoms with Crippen molar-refractivity contribution in [2.45, 2.75) is 26.3 Å². The fraction of sp³-hybridized carbons (Fsp3) is 0.300. The van der Waals surface area contributed by atoms with Crippen LogP contribution in [-0.4, -0.2) is 39.8 Å². The molecular formula is C20H18F2N4O3S. The lowest BCUT2D eigenvalue weighted by Gasteiger charge is -2.17. The number of hydrogen-bond donors (Lipinski definition) is 0. The lowest BCUT2D eigenvalue weighted by molar-refractivity contribution is 0.0985. The first-order chi connectivity index (χ1) is 14.4. The monoisotopic (exact) mass is 432 g/mol. The van der Waals surface area contributed by atoms with Crippen molar-refractivity contribution in [1.82, 2.24) is 14.9 Å². The van der Waals surface area contributed by atoms with Crippen LogP contribution in [0.2, 0.25) is 0 Å². The van der Waals surface area contributed by atoms with Crippen LogP contribution in [0.15, 0.2) is 35.3 Å². The number of halogens is 2. The van der Waals surface area contributed by atoms with Crippen LogP contribution in [0, 0.1) is 18.6 Å². The molecule has 156 valence electrons. The summed E-state index contributed by atoms with van der Waals surface area (Å²) < 4.78 is 31.4. The maximum atomic E-state index is 13.4. The van der Waals surface area contributed by atoms with Gasteiger partial charge in [-0.1, -0.05) is 17.4 Å².